The normalized spacial score (nSPS) is 13.2. The monoisotopic (exact) mass is 439 g/mol. The van der Waals surface area contributed by atoms with E-state index in [0.29, 0.717) is 28.8 Å². The van der Waals surface area contributed by atoms with Crippen LogP contribution < -0.4 is 15.4 Å². The average Bonchev–Trinajstić information content (AvgIpc) is 3.60. The number of aromatic nitrogens is 3. The minimum Gasteiger partial charge on any atom is -0.438 e. The van der Waals surface area contributed by atoms with Crippen LogP contribution in [-0.2, 0) is 9.59 Å². The van der Waals surface area contributed by atoms with Gasteiger partial charge in [-0.3, -0.25) is 9.59 Å². The minimum atomic E-state index is -0.218. The molecule has 1 aliphatic rings. The molecule has 1 aliphatic carbocycles. The van der Waals surface area contributed by atoms with Crippen LogP contribution in [0.1, 0.15) is 18.4 Å². The second-order valence-corrected chi connectivity index (χ2v) is 7.72. The Hall–Kier alpha value is -4.46. The highest BCUT2D eigenvalue weighted by Crippen LogP contribution is 2.30. The van der Waals surface area contributed by atoms with Crippen molar-refractivity contribution in [3.63, 3.8) is 0 Å². The maximum absolute atomic E-state index is 12.1. The van der Waals surface area contributed by atoms with Gasteiger partial charge in [0, 0.05) is 23.7 Å². The molecule has 8 nitrogen and oxygen atoms in total. The Kier molecular flexibility index (Phi) is 5.55. The van der Waals surface area contributed by atoms with E-state index in [-0.39, 0.29) is 17.7 Å². The summed E-state index contributed by atoms with van der Waals surface area (Å²) < 4.78 is 7.38. The summed E-state index contributed by atoms with van der Waals surface area (Å²) in [5.41, 5.74) is 2.21. The average molecular weight is 439 g/mol. The molecule has 2 amide bonds. The molecule has 164 valence electrons. The molecule has 0 unspecified atom stereocenters. The highest BCUT2D eigenvalue weighted by Gasteiger charge is 2.30. The summed E-state index contributed by atoms with van der Waals surface area (Å²) in [5.74, 6) is 1.30. The smallest absolute Gasteiger partial charge is 0.248 e. The zero-order chi connectivity index (χ0) is 22.6. The van der Waals surface area contributed by atoms with Crippen molar-refractivity contribution >= 4 is 35.0 Å². The van der Waals surface area contributed by atoms with Gasteiger partial charge in [0.1, 0.15) is 5.75 Å². The van der Waals surface area contributed by atoms with Crippen LogP contribution in [0, 0.1) is 5.92 Å². The molecule has 2 aromatic carbocycles. The number of carbonyl (C=O) groups is 2. The van der Waals surface area contributed by atoms with Gasteiger partial charge in [-0.25, -0.2) is 9.50 Å². The lowest BCUT2D eigenvalue weighted by atomic mass is 10.2. The first kappa shape index (κ1) is 20.4. The van der Waals surface area contributed by atoms with Crippen molar-refractivity contribution in [3.8, 4) is 11.6 Å². The molecule has 0 saturated heterocycles. The number of anilines is 2. The van der Waals surface area contributed by atoms with Crippen LogP contribution in [0.4, 0.5) is 11.5 Å². The summed E-state index contributed by atoms with van der Waals surface area (Å²) in [6.07, 6.45) is 6.77. The zero-order valence-electron chi connectivity index (χ0n) is 17.6. The number of nitrogens with zero attached hydrogens (tertiary/aromatic N) is 3. The van der Waals surface area contributed by atoms with Gasteiger partial charge in [0.15, 0.2) is 11.5 Å². The van der Waals surface area contributed by atoms with E-state index in [9.17, 15) is 9.59 Å². The first-order valence-corrected chi connectivity index (χ1v) is 10.6. The molecule has 8 heteroatoms. The summed E-state index contributed by atoms with van der Waals surface area (Å²) in [5, 5.41) is 10.0. The molecule has 0 radical (unpaired) electrons. The standard InChI is InChI=1S/C25H21N5O3/c31-23(14-6-17-4-2-1-3-5-17)26-19-9-11-20(12-10-19)33-24-15-13-22-27-21(16-30(22)29-24)28-25(32)18-7-8-18/h1-6,9-16,18H,7-8H2,(H,26,31)(H,28,32)/b14-6+. The van der Waals surface area contributed by atoms with Crippen molar-refractivity contribution in [2.45, 2.75) is 12.8 Å². The Morgan fingerprint density at radius 2 is 1.76 bits per heavy atom. The number of fused-ring (bicyclic) bond motifs is 1. The van der Waals surface area contributed by atoms with Gasteiger partial charge in [0.25, 0.3) is 0 Å². The van der Waals surface area contributed by atoms with Crippen LogP contribution in [0.5, 0.6) is 11.6 Å². The van der Waals surface area contributed by atoms with Crippen LogP contribution in [0.3, 0.4) is 0 Å². The Morgan fingerprint density at radius 1 is 0.970 bits per heavy atom. The van der Waals surface area contributed by atoms with Crippen molar-refractivity contribution in [2.75, 3.05) is 10.6 Å². The Bertz CT molecular complexity index is 1330. The lowest BCUT2D eigenvalue weighted by molar-refractivity contribution is -0.117. The molecule has 1 saturated carbocycles. The van der Waals surface area contributed by atoms with Crippen molar-refractivity contribution in [3.05, 3.63) is 84.6 Å². The predicted octanol–water partition coefficient (Wildman–Crippen LogP) is 4.52. The number of ether oxygens (including phenoxy) is 1. The zero-order valence-corrected chi connectivity index (χ0v) is 17.6. The summed E-state index contributed by atoms with van der Waals surface area (Å²) in [6.45, 7) is 0. The molecule has 4 aromatic rings. The van der Waals surface area contributed by atoms with Crippen LogP contribution in [-0.4, -0.2) is 26.4 Å². The Balaban J connectivity index is 1.20. The molecule has 0 bridgehead atoms. The van der Waals surface area contributed by atoms with Gasteiger partial charge in [-0.05, 0) is 54.8 Å². The molecule has 0 spiro atoms. The van der Waals surface area contributed by atoms with Gasteiger partial charge in [0.05, 0.1) is 6.20 Å². The summed E-state index contributed by atoms with van der Waals surface area (Å²) in [6, 6.07) is 20.1. The quantitative estimate of drug-likeness (QED) is 0.413. The van der Waals surface area contributed by atoms with E-state index in [1.807, 2.05) is 30.3 Å². The summed E-state index contributed by atoms with van der Waals surface area (Å²) >= 11 is 0. The van der Waals surface area contributed by atoms with E-state index in [1.54, 1.807) is 53.2 Å². The van der Waals surface area contributed by atoms with Crippen molar-refractivity contribution in [2.24, 2.45) is 5.92 Å². The van der Waals surface area contributed by atoms with Crippen molar-refractivity contribution in [1.82, 2.24) is 14.6 Å². The van der Waals surface area contributed by atoms with Crippen molar-refractivity contribution < 1.29 is 14.3 Å². The number of amides is 2. The lowest BCUT2D eigenvalue weighted by Crippen LogP contribution is -2.13. The maximum Gasteiger partial charge on any atom is 0.248 e. The molecular formula is C25H21N5O3. The number of nitrogens with one attached hydrogen (secondary N) is 2. The molecule has 2 aromatic heterocycles. The third-order valence-corrected chi connectivity index (χ3v) is 5.07. The number of benzene rings is 2. The molecule has 33 heavy (non-hydrogen) atoms. The number of hydrogen-bond donors (Lipinski definition) is 2. The Labute approximate surface area is 189 Å². The van der Waals surface area contributed by atoms with Gasteiger partial charge in [0.2, 0.25) is 17.7 Å². The fourth-order valence-electron chi connectivity index (χ4n) is 3.20. The fraction of sp³-hybridized carbons (Fsp3) is 0.120. The van der Waals surface area contributed by atoms with E-state index in [1.165, 1.54) is 6.08 Å². The molecule has 0 atom stereocenters. The van der Waals surface area contributed by atoms with E-state index in [0.717, 1.165) is 18.4 Å². The highest BCUT2D eigenvalue weighted by molar-refractivity contribution is 6.01. The largest absolute Gasteiger partial charge is 0.438 e. The van der Waals surface area contributed by atoms with E-state index in [2.05, 4.69) is 20.7 Å². The third-order valence-electron chi connectivity index (χ3n) is 5.07. The SMILES string of the molecule is O=C(/C=C/c1ccccc1)Nc1ccc(Oc2ccc3nc(NC(=O)C4CC4)cn3n2)cc1. The second-order valence-electron chi connectivity index (χ2n) is 7.72. The molecule has 2 N–H and O–H groups in total. The number of imidazole rings is 1. The van der Waals surface area contributed by atoms with E-state index in [4.69, 9.17) is 4.74 Å². The fourth-order valence-corrected chi connectivity index (χ4v) is 3.20. The minimum absolute atomic E-state index is 0.00221. The molecule has 2 heterocycles. The Morgan fingerprint density at radius 3 is 2.52 bits per heavy atom. The number of rotatable bonds is 7. The lowest BCUT2D eigenvalue weighted by Gasteiger charge is -2.06. The summed E-state index contributed by atoms with van der Waals surface area (Å²) in [7, 11) is 0. The van der Waals surface area contributed by atoms with Crippen LogP contribution in [0.25, 0.3) is 11.7 Å². The number of carbonyl (C=O) groups excluding carboxylic acids is 2. The van der Waals surface area contributed by atoms with Gasteiger partial charge < -0.3 is 15.4 Å². The summed E-state index contributed by atoms with van der Waals surface area (Å²) in [4.78, 5) is 28.4. The number of hydrogen-bond acceptors (Lipinski definition) is 5. The predicted molar refractivity (Wildman–Crippen MR) is 125 cm³/mol. The highest BCUT2D eigenvalue weighted by atomic mass is 16.5. The van der Waals surface area contributed by atoms with Crippen LogP contribution in [0.15, 0.2) is 79.0 Å². The van der Waals surface area contributed by atoms with E-state index >= 15 is 0 Å². The van der Waals surface area contributed by atoms with Crippen LogP contribution in [0.2, 0.25) is 0 Å². The first-order chi connectivity index (χ1) is 16.1. The topological polar surface area (TPSA) is 97.6 Å². The van der Waals surface area contributed by atoms with Gasteiger partial charge in [-0.15, -0.1) is 5.10 Å². The second kappa shape index (κ2) is 8.96. The van der Waals surface area contributed by atoms with E-state index < -0.39 is 0 Å². The first-order valence-electron chi connectivity index (χ1n) is 10.6. The molecule has 0 aliphatic heterocycles. The molecular weight excluding hydrogens is 418 g/mol. The maximum atomic E-state index is 12.1. The van der Waals surface area contributed by atoms with Gasteiger partial charge >= 0.3 is 0 Å². The molecule has 5 rings (SSSR count). The van der Waals surface area contributed by atoms with Crippen molar-refractivity contribution in [1.29, 1.82) is 0 Å². The van der Waals surface area contributed by atoms with Gasteiger partial charge in [-0.2, -0.15) is 0 Å². The third kappa shape index (κ3) is 5.24. The van der Waals surface area contributed by atoms with Gasteiger partial charge in [-0.1, -0.05) is 30.3 Å². The van der Waals surface area contributed by atoms with Crippen LogP contribution >= 0.6 is 0 Å². The molecule has 1 fully saturated rings.